The molecule has 1 aliphatic heterocycles. The van der Waals surface area contributed by atoms with Crippen molar-refractivity contribution < 1.29 is 9.32 Å². The molecule has 4 rings (SSSR count). The quantitative estimate of drug-likeness (QED) is 0.739. The summed E-state index contributed by atoms with van der Waals surface area (Å²) < 4.78 is 5.54. The molecule has 2 N–H and O–H groups in total. The third-order valence-electron chi connectivity index (χ3n) is 5.21. The van der Waals surface area contributed by atoms with Crippen molar-refractivity contribution in [3.05, 3.63) is 71.6 Å². The van der Waals surface area contributed by atoms with Crippen LogP contribution in [0.4, 0.5) is 0 Å². The number of carbonyl (C=O) groups excluding carboxylic acids is 1. The highest BCUT2D eigenvalue weighted by Crippen LogP contribution is 2.28. The molecule has 1 saturated heterocycles. The highest BCUT2D eigenvalue weighted by atomic mass is 16.5. The van der Waals surface area contributed by atoms with Gasteiger partial charge < -0.3 is 15.2 Å². The highest BCUT2D eigenvalue weighted by molar-refractivity contribution is 5.79. The van der Waals surface area contributed by atoms with E-state index in [0.717, 1.165) is 36.1 Å². The molecule has 0 aliphatic carbocycles. The number of likely N-dealkylation sites (tertiary alicyclic amines) is 1. The van der Waals surface area contributed by atoms with Gasteiger partial charge in [0.05, 0.1) is 12.3 Å². The summed E-state index contributed by atoms with van der Waals surface area (Å²) in [6.45, 7) is 1.91. The summed E-state index contributed by atoms with van der Waals surface area (Å²) in [4.78, 5) is 19.2. The molecule has 144 valence electrons. The molecule has 1 fully saturated rings. The van der Waals surface area contributed by atoms with Crippen molar-refractivity contribution in [3.8, 4) is 11.4 Å². The zero-order valence-corrected chi connectivity index (χ0v) is 15.8. The van der Waals surface area contributed by atoms with Crippen molar-refractivity contribution in [2.75, 3.05) is 13.1 Å². The predicted octanol–water partition coefficient (Wildman–Crippen LogP) is 3.14. The lowest BCUT2D eigenvalue weighted by molar-refractivity contribution is -0.131. The Labute approximate surface area is 164 Å². The Balaban J connectivity index is 1.43. The minimum absolute atomic E-state index is 0.0815. The van der Waals surface area contributed by atoms with Crippen molar-refractivity contribution >= 4 is 5.91 Å². The third kappa shape index (κ3) is 4.12. The van der Waals surface area contributed by atoms with Crippen molar-refractivity contribution in [1.29, 1.82) is 0 Å². The largest absolute Gasteiger partial charge is 0.342 e. The van der Waals surface area contributed by atoms with Crippen LogP contribution in [0.2, 0.25) is 0 Å². The molecular weight excluding hydrogens is 352 g/mol. The van der Waals surface area contributed by atoms with Crippen LogP contribution < -0.4 is 5.73 Å². The second-order valence-electron chi connectivity index (χ2n) is 7.20. The fraction of sp³-hybridized carbons (Fsp3) is 0.318. The molecule has 1 atom stereocenters. The summed E-state index contributed by atoms with van der Waals surface area (Å²) in [6.07, 6.45) is 2.31. The minimum Gasteiger partial charge on any atom is -0.342 e. The fourth-order valence-corrected chi connectivity index (χ4v) is 3.60. The van der Waals surface area contributed by atoms with Gasteiger partial charge in [-0.2, -0.15) is 4.98 Å². The van der Waals surface area contributed by atoms with Gasteiger partial charge in [-0.25, -0.2) is 0 Å². The van der Waals surface area contributed by atoms with Crippen LogP contribution in [0.15, 0.2) is 59.1 Å². The van der Waals surface area contributed by atoms with Crippen LogP contribution in [-0.4, -0.2) is 34.0 Å². The maximum atomic E-state index is 12.7. The second-order valence-corrected chi connectivity index (χ2v) is 7.20. The SMILES string of the molecule is NCc1ccc(-c2noc(C3CCCN(C(=O)Cc4ccccc4)C3)n2)cc1. The summed E-state index contributed by atoms with van der Waals surface area (Å²) in [5, 5.41) is 4.13. The van der Waals surface area contributed by atoms with Crippen LogP contribution in [0.3, 0.4) is 0 Å². The van der Waals surface area contributed by atoms with Gasteiger partial charge >= 0.3 is 0 Å². The van der Waals surface area contributed by atoms with Gasteiger partial charge in [-0.15, -0.1) is 0 Å². The zero-order valence-electron chi connectivity index (χ0n) is 15.8. The third-order valence-corrected chi connectivity index (χ3v) is 5.21. The van der Waals surface area contributed by atoms with Gasteiger partial charge in [0.1, 0.15) is 0 Å². The maximum Gasteiger partial charge on any atom is 0.231 e. The van der Waals surface area contributed by atoms with E-state index in [1.807, 2.05) is 59.5 Å². The smallest absolute Gasteiger partial charge is 0.231 e. The van der Waals surface area contributed by atoms with Crippen molar-refractivity contribution in [1.82, 2.24) is 15.0 Å². The van der Waals surface area contributed by atoms with Crippen LogP contribution in [0.1, 0.15) is 35.8 Å². The molecule has 2 aromatic carbocycles. The van der Waals surface area contributed by atoms with Crippen LogP contribution in [0, 0.1) is 0 Å². The molecule has 3 aromatic rings. The highest BCUT2D eigenvalue weighted by Gasteiger charge is 2.28. The number of nitrogens with zero attached hydrogens (tertiary/aromatic N) is 3. The number of carbonyl (C=O) groups is 1. The van der Waals surface area contributed by atoms with Crippen LogP contribution in [0.25, 0.3) is 11.4 Å². The lowest BCUT2D eigenvalue weighted by atomic mass is 9.97. The van der Waals surface area contributed by atoms with E-state index in [9.17, 15) is 4.79 Å². The number of hydrogen-bond donors (Lipinski definition) is 1. The van der Waals surface area contributed by atoms with E-state index >= 15 is 0 Å². The molecule has 6 nitrogen and oxygen atoms in total. The maximum absolute atomic E-state index is 12.7. The average molecular weight is 376 g/mol. The van der Waals surface area contributed by atoms with Crippen LogP contribution in [-0.2, 0) is 17.8 Å². The first-order valence-electron chi connectivity index (χ1n) is 9.67. The predicted molar refractivity (Wildman–Crippen MR) is 106 cm³/mol. The Morgan fingerprint density at radius 1 is 1.11 bits per heavy atom. The van der Waals surface area contributed by atoms with Crippen LogP contribution in [0.5, 0.6) is 0 Å². The molecule has 6 heteroatoms. The Bertz CT molecular complexity index is 921. The molecule has 0 bridgehead atoms. The minimum atomic E-state index is 0.0815. The van der Waals surface area contributed by atoms with Crippen molar-refractivity contribution in [2.45, 2.75) is 31.7 Å². The van der Waals surface area contributed by atoms with E-state index < -0.39 is 0 Å². The monoisotopic (exact) mass is 376 g/mol. The standard InChI is InChI=1S/C22H24N4O2/c23-14-17-8-10-18(11-9-17)21-24-22(28-25-21)19-7-4-12-26(15-19)20(27)13-16-5-2-1-3-6-16/h1-3,5-6,8-11,19H,4,7,12-15,23H2. The number of nitrogens with two attached hydrogens (primary N) is 1. The van der Waals surface area contributed by atoms with E-state index in [2.05, 4.69) is 10.1 Å². The lowest BCUT2D eigenvalue weighted by Gasteiger charge is -2.31. The lowest BCUT2D eigenvalue weighted by Crippen LogP contribution is -2.40. The van der Waals surface area contributed by atoms with Gasteiger partial charge in [0, 0.05) is 25.2 Å². The van der Waals surface area contributed by atoms with Gasteiger partial charge in [0.15, 0.2) is 0 Å². The van der Waals surface area contributed by atoms with E-state index in [0.29, 0.717) is 31.2 Å². The Morgan fingerprint density at radius 3 is 2.64 bits per heavy atom. The average Bonchev–Trinajstić information content (AvgIpc) is 3.25. The molecule has 1 amide bonds. The second kappa shape index (κ2) is 8.35. The first-order valence-corrected chi connectivity index (χ1v) is 9.67. The molecule has 0 radical (unpaired) electrons. The molecule has 2 heterocycles. The summed E-state index contributed by atoms with van der Waals surface area (Å²) >= 11 is 0. The van der Waals surface area contributed by atoms with E-state index in [4.69, 9.17) is 10.3 Å². The van der Waals surface area contributed by atoms with Crippen molar-refractivity contribution in [3.63, 3.8) is 0 Å². The van der Waals surface area contributed by atoms with Gasteiger partial charge in [-0.05, 0) is 24.0 Å². The fourth-order valence-electron chi connectivity index (χ4n) is 3.60. The van der Waals surface area contributed by atoms with Crippen molar-refractivity contribution in [2.24, 2.45) is 5.73 Å². The van der Waals surface area contributed by atoms with E-state index in [1.54, 1.807) is 0 Å². The number of benzene rings is 2. The van der Waals surface area contributed by atoms with Gasteiger partial charge in [-0.3, -0.25) is 4.79 Å². The molecule has 1 aliphatic rings. The molecular formula is C22H24N4O2. The normalized spacial score (nSPS) is 16.9. The Kier molecular flexibility index (Phi) is 5.48. The summed E-state index contributed by atoms with van der Waals surface area (Å²) in [6, 6.07) is 17.7. The van der Waals surface area contributed by atoms with E-state index in [-0.39, 0.29) is 11.8 Å². The Morgan fingerprint density at radius 2 is 1.89 bits per heavy atom. The summed E-state index contributed by atoms with van der Waals surface area (Å²) in [7, 11) is 0. The number of piperidine rings is 1. The number of aromatic nitrogens is 2. The first kappa shape index (κ1) is 18.4. The first-order chi connectivity index (χ1) is 13.7. The molecule has 0 saturated carbocycles. The number of rotatable bonds is 5. The van der Waals surface area contributed by atoms with Gasteiger partial charge in [-0.1, -0.05) is 59.8 Å². The van der Waals surface area contributed by atoms with Gasteiger partial charge in [0.2, 0.25) is 17.6 Å². The Hall–Kier alpha value is -2.99. The molecule has 28 heavy (non-hydrogen) atoms. The van der Waals surface area contributed by atoms with Crippen LogP contribution >= 0.6 is 0 Å². The molecule has 1 unspecified atom stereocenters. The molecule has 1 aromatic heterocycles. The molecule has 0 spiro atoms. The number of hydrogen-bond acceptors (Lipinski definition) is 5. The summed E-state index contributed by atoms with van der Waals surface area (Å²) in [5.74, 6) is 1.41. The zero-order chi connectivity index (χ0) is 19.3. The topological polar surface area (TPSA) is 85.2 Å². The van der Waals surface area contributed by atoms with Gasteiger partial charge in [0.25, 0.3) is 0 Å². The summed E-state index contributed by atoms with van der Waals surface area (Å²) in [5.41, 5.74) is 8.65. The van der Waals surface area contributed by atoms with E-state index in [1.165, 1.54) is 0 Å². The number of amides is 1.